The molecule has 0 unspecified atom stereocenters. The van der Waals surface area contributed by atoms with Crippen LogP contribution in [0.5, 0.6) is 0 Å². The average Bonchev–Trinajstić information content (AvgIpc) is 2.53. The molecule has 0 saturated heterocycles. The van der Waals surface area contributed by atoms with Crippen LogP contribution in [0.3, 0.4) is 0 Å². The number of carbonyl (C=O) groups excluding carboxylic acids is 1. The van der Waals surface area contributed by atoms with Crippen LogP contribution >= 0.6 is 11.8 Å². The van der Waals surface area contributed by atoms with Gasteiger partial charge in [-0.3, -0.25) is 4.79 Å². The van der Waals surface area contributed by atoms with E-state index >= 15 is 0 Å². The second-order valence-corrected chi connectivity index (χ2v) is 7.19. The van der Waals surface area contributed by atoms with E-state index in [0.29, 0.717) is 16.8 Å². The van der Waals surface area contributed by atoms with Crippen molar-refractivity contribution in [3.8, 4) is 0 Å². The average molecular weight is 289 g/mol. The number of ketones is 1. The maximum Gasteiger partial charge on any atom is 0.172 e. The molecule has 1 fully saturated rings. The van der Waals surface area contributed by atoms with Crippen LogP contribution in [0.25, 0.3) is 0 Å². The van der Waals surface area contributed by atoms with E-state index in [0.717, 1.165) is 18.5 Å². The maximum absolute atomic E-state index is 12.3. The largest absolute Gasteiger partial charge is 0.385 e. The number of hydrogen-bond acceptors (Lipinski definition) is 3. The Morgan fingerprint density at radius 3 is 2.90 bits per heavy atom. The molecule has 0 amide bonds. The Bertz CT molecular complexity index is 480. The summed E-state index contributed by atoms with van der Waals surface area (Å²) >= 11 is 1.87. The molecule has 1 aliphatic carbocycles. The first-order chi connectivity index (χ1) is 9.83. The van der Waals surface area contributed by atoms with Gasteiger partial charge in [0.2, 0.25) is 0 Å². The minimum Gasteiger partial charge on any atom is -0.385 e. The van der Waals surface area contributed by atoms with Crippen LogP contribution in [0.4, 0.5) is 5.69 Å². The molecule has 2 nitrogen and oxygen atoms in total. The molecule has 0 atom stereocenters. The minimum absolute atomic E-state index is 0.300. The number of Topliss-reactive ketones (excluding diaryl/α,β-unsaturated/α-hetero) is 1. The molecule has 108 valence electrons. The third kappa shape index (κ3) is 3.38. The molecule has 1 heterocycles. The van der Waals surface area contributed by atoms with Crippen molar-refractivity contribution in [3.63, 3.8) is 0 Å². The van der Waals surface area contributed by atoms with Gasteiger partial charge in [-0.25, -0.2) is 0 Å². The zero-order valence-electron chi connectivity index (χ0n) is 12.0. The number of benzene rings is 1. The van der Waals surface area contributed by atoms with Crippen molar-refractivity contribution in [1.29, 1.82) is 0 Å². The highest BCUT2D eigenvalue weighted by Crippen LogP contribution is 2.29. The molecule has 20 heavy (non-hydrogen) atoms. The lowest BCUT2D eigenvalue weighted by molar-refractivity contribution is 0.102. The molecule has 0 spiro atoms. The molecule has 0 radical (unpaired) electrons. The highest BCUT2D eigenvalue weighted by molar-refractivity contribution is 8.00. The molecular weight excluding hydrogens is 266 g/mol. The zero-order chi connectivity index (χ0) is 13.8. The number of fused-ring (bicyclic) bond motifs is 1. The number of aryl methyl sites for hydroxylation is 1. The first kappa shape index (κ1) is 14.0. The van der Waals surface area contributed by atoms with Gasteiger partial charge >= 0.3 is 0 Å². The molecule has 3 rings (SSSR count). The summed E-state index contributed by atoms with van der Waals surface area (Å²) in [6.07, 6.45) is 8.92. The second kappa shape index (κ2) is 6.66. The van der Waals surface area contributed by atoms with Crippen LogP contribution in [0.15, 0.2) is 18.2 Å². The number of nitrogens with one attached hydrogen (secondary N) is 1. The van der Waals surface area contributed by atoms with Crippen LogP contribution in [-0.2, 0) is 6.42 Å². The molecule has 1 saturated carbocycles. The summed E-state index contributed by atoms with van der Waals surface area (Å²) in [5.41, 5.74) is 3.42. The van der Waals surface area contributed by atoms with E-state index in [1.807, 2.05) is 17.8 Å². The predicted molar refractivity (Wildman–Crippen MR) is 86.9 cm³/mol. The minimum atomic E-state index is 0.300. The van der Waals surface area contributed by atoms with Crippen LogP contribution in [0, 0.1) is 0 Å². The second-order valence-electron chi connectivity index (χ2n) is 5.90. The van der Waals surface area contributed by atoms with Gasteiger partial charge in [0.15, 0.2) is 5.78 Å². The highest BCUT2D eigenvalue weighted by atomic mass is 32.2. The lowest BCUT2D eigenvalue weighted by Crippen LogP contribution is -2.14. The number of rotatable bonds is 4. The smallest absolute Gasteiger partial charge is 0.172 e. The van der Waals surface area contributed by atoms with Gasteiger partial charge in [-0.15, -0.1) is 0 Å². The van der Waals surface area contributed by atoms with Crippen molar-refractivity contribution >= 4 is 23.2 Å². The summed E-state index contributed by atoms with van der Waals surface area (Å²) in [5.74, 6) is 0.950. The number of carbonyl (C=O) groups is 1. The van der Waals surface area contributed by atoms with Crippen molar-refractivity contribution in [2.24, 2.45) is 0 Å². The quantitative estimate of drug-likeness (QED) is 0.838. The summed E-state index contributed by atoms with van der Waals surface area (Å²) < 4.78 is 0. The van der Waals surface area contributed by atoms with E-state index in [4.69, 9.17) is 0 Å². The summed E-state index contributed by atoms with van der Waals surface area (Å²) in [5, 5.41) is 4.11. The highest BCUT2D eigenvalue weighted by Gasteiger charge is 2.17. The van der Waals surface area contributed by atoms with Crippen molar-refractivity contribution in [3.05, 3.63) is 29.3 Å². The lowest BCUT2D eigenvalue weighted by Gasteiger charge is -2.21. The molecule has 3 heteroatoms. The lowest BCUT2D eigenvalue weighted by atomic mass is 9.99. The van der Waals surface area contributed by atoms with Crippen molar-refractivity contribution in [2.75, 3.05) is 17.6 Å². The Kier molecular flexibility index (Phi) is 4.66. The maximum atomic E-state index is 12.3. The SMILES string of the molecule is O=C(CSC1CCCCC1)c1ccc2c(c1)CCCN2. The molecule has 2 aliphatic rings. The van der Waals surface area contributed by atoms with Gasteiger partial charge in [0, 0.05) is 23.0 Å². The van der Waals surface area contributed by atoms with E-state index in [1.54, 1.807) is 0 Å². The van der Waals surface area contributed by atoms with E-state index in [1.165, 1.54) is 49.8 Å². The standard InChI is InChI=1S/C17H23NOS/c19-17(12-20-15-6-2-1-3-7-15)14-8-9-16-13(11-14)5-4-10-18-16/h8-9,11,15,18H,1-7,10,12H2. The Labute approximate surface area is 125 Å². The van der Waals surface area contributed by atoms with Gasteiger partial charge < -0.3 is 5.32 Å². The third-order valence-corrected chi connectivity index (χ3v) is 5.74. The predicted octanol–water partition coefficient (Wildman–Crippen LogP) is 4.29. The molecular formula is C17H23NOS. The van der Waals surface area contributed by atoms with Gasteiger partial charge in [0.1, 0.15) is 0 Å². The monoisotopic (exact) mass is 289 g/mol. The van der Waals surface area contributed by atoms with Crippen LogP contribution < -0.4 is 5.32 Å². The van der Waals surface area contributed by atoms with E-state index in [2.05, 4.69) is 17.4 Å². The number of anilines is 1. The van der Waals surface area contributed by atoms with Gasteiger partial charge in [0.25, 0.3) is 0 Å². The summed E-state index contributed by atoms with van der Waals surface area (Å²) in [7, 11) is 0. The van der Waals surface area contributed by atoms with Crippen LogP contribution in [-0.4, -0.2) is 23.3 Å². The van der Waals surface area contributed by atoms with E-state index < -0.39 is 0 Å². The van der Waals surface area contributed by atoms with E-state index in [9.17, 15) is 4.79 Å². The Hall–Kier alpha value is -0.960. The van der Waals surface area contributed by atoms with Crippen LogP contribution in [0.2, 0.25) is 0 Å². The Morgan fingerprint density at radius 1 is 1.20 bits per heavy atom. The van der Waals surface area contributed by atoms with Crippen molar-refractivity contribution in [2.45, 2.75) is 50.2 Å². The summed E-state index contributed by atoms with van der Waals surface area (Å²) in [6, 6.07) is 6.17. The number of thioether (sulfide) groups is 1. The van der Waals surface area contributed by atoms with Crippen molar-refractivity contribution in [1.82, 2.24) is 0 Å². The van der Waals surface area contributed by atoms with Crippen molar-refractivity contribution < 1.29 is 4.79 Å². The van der Waals surface area contributed by atoms with Gasteiger partial charge in [0.05, 0.1) is 5.75 Å². The van der Waals surface area contributed by atoms with E-state index in [-0.39, 0.29) is 0 Å². The Balaban J connectivity index is 1.59. The third-order valence-electron chi connectivity index (χ3n) is 4.37. The molecule has 1 aromatic carbocycles. The number of hydrogen-bond donors (Lipinski definition) is 1. The zero-order valence-corrected chi connectivity index (χ0v) is 12.8. The molecule has 0 bridgehead atoms. The van der Waals surface area contributed by atoms with Gasteiger partial charge in [-0.2, -0.15) is 11.8 Å². The summed E-state index contributed by atoms with van der Waals surface area (Å²) in [4.78, 5) is 12.3. The fourth-order valence-electron chi connectivity index (χ4n) is 3.16. The van der Waals surface area contributed by atoms with Crippen LogP contribution in [0.1, 0.15) is 54.4 Å². The summed E-state index contributed by atoms with van der Waals surface area (Å²) in [6.45, 7) is 1.05. The fourth-order valence-corrected chi connectivity index (χ4v) is 4.38. The van der Waals surface area contributed by atoms with Gasteiger partial charge in [-0.05, 0) is 49.4 Å². The first-order valence-corrected chi connectivity index (χ1v) is 8.89. The normalized spacial score (nSPS) is 19.2. The van der Waals surface area contributed by atoms with Gasteiger partial charge in [-0.1, -0.05) is 19.3 Å². The molecule has 1 aliphatic heterocycles. The molecule has 0 aromatic heterocycles. The first-order valence-electron chi connectivity index (χ1n) is 7.84. The molecule has 1 N–H and O–H groups in total. The Morgan fingerprint density at radius 2 is 2.05 bits per heavy atom. The topological polar surface area (TPSA) is 29.1 Å². The fraction of sp³-hybridized carbons (Fsp3) is 0.588. The molecule has 1 aromatic rings.